The van der Waals surface area contributed by atoms with Crippen LogP contribution in [0.5, 0.6) is 0 Å². The fourth-order valence-corrected chi connectivity index (χ4v) is 6.23. The first-order valence-electron chi connectivity index (χ1n) is 12.1. The molecule has 0 saturated carbocycles. The number of benzene rings is 3. The van der Waals surface area contributed by atoms with Gasteiger partial charge in [0.2, 0.25) is 29.0 Å². The molecule has 0 N–H and O–H groups in total. The summed E-state index contributed by atoms with van der Waals surface area (Å²) in [6.07, 6.45) is -1.03. The fraction of sp³-hybridized carbons (Fsp3) is 0.207. The van der Waals surface area contributed by atoms with E-state index in [0.29, 0.717) is 10.0 Å². The molecular formula is C29H20BrNO7. The van der Waals surface area contributed by atoms with E-state index in [1.54, 1.807) is 43.3 Å². The summed E-state index contributed by atoms with van der Waals surface area (Å²) in [5, 5.41) is 0. The number of ether oxygens (including phenoxy) is 2. The highest BCUT2D eigenvalue weighted by Gasteiger charge is 2.74. The Kier molecular flexibility index (Phi) is 5.66. The van der Waals surface area contributed by atoms with Gasteiger partial charge in [0.1, 0.15) is 0 Å². The van der Waals surface area contributed by atoms with Crippen molar-refractivity contribution in [1.82, 2.24) is 0 Å². The Balaban J connectivity index is 1.48. The van der Waals surface area contributed by atoms with Gasteiger partial charge >= 0.3 is 5.97 Å². The van der Waals surface area contributed by atoms with E-state index < -0.39 is 52.9 Å². The summed E-state index contributed by atoms with van der Waals surface area (Å²) < 4.78 is 11.9. The maximum Gasteiger partial charge on any atom is 0.338 e. The second kappa shape index (κ2) is 8.82. The SMILES string of the molecule is CCOC(=O)c1ccc(N2C(=O)[C@H]3[C@@H](c4ccccc4Br)OC4(C(=O)c5ccccc5C4=O)[C@@H]3C2=O)cc1. The lowest BCUT2D eigenvalue weighted by molar-refractivity contribution is -0.127. The zero-order valence-electron chi connectivity index (χ0n) is 20.1. The predicted octanol–water partition coefficient (Wildman–Crippen LogP) is 4.32. The molecule has 2 saturated heterocycles. The minimum absolute atomic E-state index is 0.168. The molecule has 3 atom stereocenters. The van der Waals surface area contributed by atoms with Crippen molar-refractivity contribution in [1.29, 1.82) is 0 Å². The average Bonchev–Trinajstić information content (AvgIpc) is 3.49. The molecule has 0 radical (unpaired) electrons. The first-order chi connectivity index (χ1) is 18.3. The summed E-state index contributed by atoms with van der Waals surface area (Å²) in [5.41, 5.74) is -0.781. The van der Waals surface area contributed by atoms with Gasteiger partial charge in [-0.25, -0.2) is 9.69 Å². The van der Waals surface area contributed by atoms with E-state index in [0.717, 1.165) is 4.90 Å². The number of carbonyl (C=O) groups excluding carboxylic acids is 5. The van der Waals surface area contributed by atoms with Crippen molar-refractivity contribution < 1.29 is 33.4 Å². The molecule has 0 bridgehead atoms. The van der Waals surface area contributed by atoms with Crippen LogP contribution in [0.1, 0.15) is 49.7 Å². The standard InChI is InChI=1S/C29H20BrNO7/c1-2-37-28(36)15-11-13-16(14-12-15)31-26(34)21-22(27(31)35)29(38-23(21)19-9-5-6-10-20(19)30)24(32)17-7-3-4-8-18(17)25(29)33/h3-14,21-23H,2H2,1H3/t21-,22+,23-/m1/s1. The van der Waals surface area contributed by atoms with Gasteiger partial charge < -0.3 is 9.47 Å². The van der Waals surface area contributed by atoms with Gasteiger partial charge in [-0.1, -0.05) is 58.4 Å². The van der Waals surface area contributed by atoms with Crippen LogP contribution >= 0.6 is 15.9 Å². The number of hydrogen-bond acceptors (Lipinski definition) is 7. The van der Waals surface area contributed by atoms with E-state index in [4.69, 9.17) is 9.47 Å². The second-order valence-electron chi connectivity index (χ2n) is 9.28. The van der Waals surface area contributed by atoms with Crippen LogP contribution in [0.25, 0.3) is 0 Å². The Morgan fingerprint density at radius 3 is 2.11 bits per heavy atom. The number of ketones is 2. The maximum absolute atomic E-state index is 14.0. The first-order valence-corrected chi connectivity index (χ1v) is 12.9. The fourth-order valence-electron chi connectivity index (χ4n) is 5.72. The summed E-state index contributed by atoms with van der Waals surface area (Å²) in [7, 11) is 0. The van der Waals surface area contributed by atoms with Gasteiger partial charge in [0, 0.05) is 15.6 Å². The largest absolute Gasteiger partial charge is 0.462 e. The third-order valence-corrected chi connectivity index (χ3v) is 8.09. The Bertz CT molecular complexity index is 1510. The van der Waals surface area contributed by atoms with Gasteiger partial charge in [-0.15, -0.1) is 0 Å². The highest BCUT2D eigenvalue weighted by molar-refractivity contribution is 9.10. The van der Waals surface area contributed by atoms with E-state index in [1.165, 1.54) is 36.4 Å². The maximum atomic E-state index is 14.0. The van der Waals surface area contributed by atoms with Crippen LogP contribution in [-0.4, -0.2) is 41.6 Å². The van der Waals surface area contributed by atoms with Crippen LogP contribution in [0, 0.1) is 11.8 Å². The average molecular weight is 574 g/mol. The van der Waals surface area contributed by atoms with E-state index in [2.05, 4.69) is 15.9 Å². The number of Topliss-reactive ketones (excluding diaryl/α,β-unsaturated/α-hetero) is 2. The van der Waals surface area contributed by atoms with Gasteiger partial charge in [-0.05, 0) is 42.8 Å². The number of nitrogens with zero attached hydrogens (tertiary/aromatic N) is 1. The lowest BCUT2D eigenvalue weighted by Gasteiger charge is -2.27. The van der Waals surface area contributed by atoms with Crippen molar-refractivity contribution >= 4 is 51.0 Å². The minimum atomic E-state index is -2.15. The molecule has 2 heterocycles. The molecule has 1 aliphatic carbocycles. The molecule has 3 aromatic rings. The molecule has 2 fully saturated rings. The smallest absolute Gasteiger partial charge is 0.338 e. The van der Waals surface area contributed by atoms with Crippen LogP contribution in [-0.2, 0) is 19.1 Å². The van der Waals surface area contributed by atoms with Crippen molar-refractivity contribution in [3.8, 4) is 0 Å². The zero-order chi connectivity index (χ0) is 26.8. The summed E-state index contributed by atoms with van der Waals surface area (Å²) >= 11 is 3.48. The van der Waals surface area contributed by atoms with E-state index in [-0.39, 0.29) is 29.0 Å². The van der Waals surface area contributed by atoms with Crippen LogP contribution in [0.2, 0.25) is 0 Å². The molecule has 2 amide bonds. The minimum Gasteiger partial charge on any atom is -0.462 e. The van der Waals surface area contributed by atoms with E-state index >= 15 is 0 Å². The molecule has 1 spiro atoms. The van der Waals surface area contributed by atoms with Gasteiger partial charge in [-0.3, -0.25) is 19.2 Å². The lowest BCUT2D eigenvalue weighted by Crippen LogP contribution is -2.51. The number of carbonyl (C=O) groups is 5. The van der Waals surface area contributed by atoms with Crippen molar-refractivity contribution in [2.75, 3.05) is 11.5 Å². The number of imide groups is 1. The molecule has 0 aromatic heterocycles. The van der Waals surface area contributed by atoms with Crippen LogP contribution < -0.4 is 4.90 Å². The number of rotatable bonds is 4. The third kappa shape index (κ3) is 3.21. The number of esters is 1. The summed E-state index contributed by atoms with van der Waals surface area (Å²) in [5.74, 6) is -5.54. The highest BCUT2D eigenvalue weighted by atomic mass is 79.9. The number of hydrogen-bond donors (Lipinski definition) is 0. The number of anilines is 1. The Hall–Kier alpha value is -3.95. The number of fused-ring (bicyclic) bond motifs is 3. The molecule has 9 heteroatoms. The molecule has 0 unspecified atom stereocenters. The second-order valence-corrected chi connectivity index (χ2v) is 10.1. The molecule has 3 aliphatic rings. The van der Waals surface area contributed by atoms with Crippen molar-refractivity contribution in [3.05, 3.63) is 99.5 Å². The molecule has 190 valence electrons. The van der Waals surface area contributed by atoms with Gasteiger partial charge in [-0.2, -0.15) is 0 Å². The highest BCUT2D eigenvalue weighted by Crippen LogP contribution is 2.58. The van der Waals surface area contributed by atoms with Crippen LogP contribution in [0.4, 0.5) is 5.69 Å². The molecular weight excluding hydrogens is 554 g/mol. The Morgan fingerprint density at radius 2 is 1.50 bits per heavy atom. The predicted molar refractivity (Wildman–Crippen MR) is 138 cm³/mol. The lowest BCUT2D eigenvalue weighted by atomic mass is 9.77. The van der Waals surface area contributed by atoms with Crippen LogP contribution in [0.3, 0.4) is 0 Å². The van der Waals surface area contributed by atoms with Gasteiger partial charge in [0.15, 0.2) is 0 Å². The van der Waals surface area contributed by atoms with Gasteiger partial charge in [0.05, 0.1) is 35.8 Å². The topological polar surface area (TPSA) is 107 Å². The van der Waals surface area contributed by atoms with Crippen molar-refractivity contribution in [2.24, 2.45) is 11.8 Å². The number of amides is 2. The van der Waals surface area contributed by atoms with Crippen molar-refractivity contribution in [3.63, 3.8) is 0 Å². The molecule has 3 aromatic carbocycles. The Morgan fingerprint density at radius 1 is 0.895 bits per heavy atom. The van der Waals surface area contributed by atoms with E-state index in [9.17, 15) is 24.0 Å². The summed E-state index contributed by atoms with van der Waals surface area (Å²) in [4.78, 5) is 68.6. The van der Waals surface area contributed by atoms with E-state index in [1.807, 2.05) is 0 Å². The monoisotopic (exact) mass is 573 g/mol. The van der Waals surface area contributed by atoms with Gasteiger partial charge in [0.25, 0.3) is 0 Å². The quantitative estimate of drug-likeness (QED) is 0.260. The molecule has 8 nitrogen and oxygen atoms in total. The third-order valence-electron chi connectivity index (χ3n) is 7.37. The Labute approximate surface area is 225 Å². The normalized spacial score (nSPS) is 23.2. The molecule has 6 rings (SSSR count). The number of halogens is 1. The van der Waals surface area contributed by atoms with Crippen molar-refractivity contribution in [2.45, 2.75) is 18.6 Å². The molecule has 2 aliphatic heterocycles. The van der Waals surface area contributed by atoms with Crippen LogP contribution in [0.15, 0.2) is 77.3 Å². The summed E-state index contributed by atoms with van der Waals surface area (Å²) in [6, 6.07) is 19.2. The summed E-state index contributed by atoms with van der Waals surface area (Å²) in [6.45, 7) is 1.89. The zero-order valence-corrected chi connectivity index (χ0v) is 21.6. The first kappa shape index (κ1) is 24.4. The molecule has 38 heavy (non-hydrogen) atoms.